The van der Waals surface area contributed by atoms with Crippen molar-refractivity contribution in [2.45, 2.75) is 12.8 Å². The third kappa shape index (κ3) is 4.67. The number of methoxy groups -OCH3 is 1. The molecule has 0 atom stereocenters. The van der Waals surface area contributed by atoms with Crippen LogP contribution in [-0.2, 0) is 4.79 Å². The van der Waals surface area contributed by atoms with Gasteiger partial charge >= 0.3 is 5.97 Å². The fourth-order valence-corrected chi connectivity index (χ4v) is 2.07. The number of ether oxygens (including phenoxy) is 1. The third-order valence-electron chi connectivity index (χ3n) is 3.36. The lowest BCUT2D eigenvalue weighted by molar-refractivity contribution is -0.136. The number of amides is 1. The van der Waals surface area contributed by atoms with Crippen molar-refractivity contribution in [2.24, 2.45) is 0 Å². The Morgan fingerprint density at radius 2 is 1.71 bits per heavy atom. The van der Waals surface area contributed by atoms with Gasteiger partial charge in [-0.25, -0.2) is 0 Å². The van der Waals surface area contributed by atoms with Gasteiger partial charge < -0.3 is 15.2 Å². The van der Waals surface area contributed by atoms with Gasteiger partial charge in [0.1, 0.15) is 5.75 Å². The first kappa shape index (κ1) is 17.2. The molecule has 6 nitrogen and oxygen atoms in total. The Hall–Kier alpha value is -3.15. The number of hydrogen-bond acceptors (Lipinski definition) is 4. The highest BCUT2D eigenvalue weighted by atomic mass is 16.5. The summed E-state index contributed by atoms with van der Waals surface area (Å²) in [7, 11) is 1.52. The van der Waals surface area contributed by atoms with Crippen molar-refractivity contribution in [2.75, 3.05) is 12.4 Å². The van der Waals surface area contributed by atoms with Gasteiger partial charge in [0.2, 0.25) is 0 Å². The zero-order valence-corrected chi connectivity index (χ0v) is 13.1. The maximum Gasteiger partial charge on any atom is 0.303 e. The van der Waals surface area contributed by atoms with Gasteiger partial charge in [0.25, 0.3) is 5.91 Å². The molecule has 0 unspecified atom stereocenters. The summed E-state index contributed by atoms with van der Waals surface area (Å²) in [6, 6.07) is 13.1. The van der Waals surface area contributed by atoms with E-state index < -0.39 is 5.97 Å². The summed E-state index contributed by atoms with van der Waals surface area (Å²) in [6.07, 6.45) is -0.252. The molecule has 0 aliphatic carbocycles. The van der Waals surface area contributed by atoms with Gasteiger partial charge in [-0.15, -0.1) is 0 Å². The lowest BCUT2D eigenvalue weighted by atomic mass is 10.1. The van der Waals surface area contributed by atoms with E-state index in [1.165, 1.54) is 7.11 Å². The molecule has 124 valence electrons. The van der Waals surface area contributed by atoms with Crippen molar-refractivity contribution in [3.05, 3.63) is 59.7 Å². The molecule has 0 radical (unpaired) electrons. The first-order valence-corrected chi connectivity index (χ1v) is 7.30. The quantitative estimate of drug-likeness (QED) is 0.763. The Morgan fingerprint density at radius 1 is 1.00 bits per heavy atom. The zero-order valence-electron chi connectivity index (χ0n) is 13.1. The number of carbonyl (C=O) groups is 3. The molecular weight excluding hydrogens is 310 g/mol. The standard InChI is InChI=1S/C18H17NO5/c1-24-15-4-2-3-13(11-15)18(23)19-14-7-5-12(6-8-14)16(20)9-10-17(21)22/h2-8,11H,9-10H2,1H3,(H,19,23)(H,21,22). The minimum atomic E-state index is -1.01. The lowest BCUT2D eigenvalue weighted by Gasteiger charge is -2.07. The molecule has 0 saturated heterocycles. The number of Topliss-reactive ketones (excluding diaryl/α,β-unsaturated/α-hetero) is 1. The first-order valence-electron chi connectivity index (χ1n) is 7.30. The topological polar surface area (TPSA) is 92.7 Å². The van der Waals surface area contributed by atoms with E-state index in [2.05, 4.69) is 5.32 Å². The number of carboxylic acids is 1. The molecule has 0 heterocycles. The van der Waals surface area contributed by atoms with Gasteiger partial charge in [-0.3, -0.25) is 14.4 Å². The summed E-state index contributed by atoms with van der Waals surface area (Å²) in [4.78, 5) is 34.5. The molecule has 0 spiro atoms. The van der Waals surface area contributed by atoms with E-state index in [4.69, 9.17) is 9.84 Å². The highest BCUT2D eigenvalue weighted by Crippen LogP contribution is 2.16. The molecule has 2 aromatic carbocycles. The van der Waals surface area contributed by atoms with Gasteiger partial charge in [0.05, 0.1) is 13.5 Å². The average molecular weight is 327 g/mol. The number of carbonyl (C=O) groups excluding carboxylic acids is 2. The Labute approximate surface area is 139 Å². The second-order valence-corrected chi connectivity index (χ2v) is 5.08. The predicted molar refractivity (Wildman–Crippen MR) is 88.6 cm³/mol. The molecule has 0 aromatic heterocycles. The number of aliphatic carboxylic acids is 1. The summed E-state index contributed by atoms with van der Waals surface area (Å²) >= 11 is 0. The summed E-state index contributed by atoms with van der Waals surface area (Å²) in [5, 5.41) is 11.3. The van der Waals surface area contributed by atoms with Crippen molar-refractivity contribution in [1.82, 2.24) is 0 Å². The van der Waals surface area contributed by atoms with Crippen LogP contribution in [-0.4, -0.2) is 29.9 Å². The highest BCUT2D eigenvalue weighted by molar-refractivity contribution is 6.05. The molecule has 0 fully saturated rings. The van der Waals surface area contributed by atoms with Crippen LogP contribution in [0.2, 0.25) is 0 Å². The number of anilines is 1. The molecule has 2 N–H and O–H groups in total. The molecule has 6 heteroatoms. The van der Waals surface area contributed by atoms with Crippen LogP contribution in [0, 0.1) is 0 Å². The molecule has 1 amide bonds. The van der Waals surface area contributed by atoms with E-state index in [0.29, 0.717) is 22.6 Å². The second kappa shape index (κ2) is 7.92. The minimum absolute atomic E-state index is 0.0507. The summed E-state index contributed by atoms with van der Waals surface area (Å²) < 4.78 is 5.08. The van der Waals surface area contributed by atoms with E-state index in [1.807, 2.05) is 0 Å². The van der Waals surface area contributed by atoms with E-state index in [9.17, 15) is 14.4 Å². The van der Waals surface area contributed by atoms with Crippen LogP contribution in [0.1, 0.15) is 33.6 Å². The Morgan fingerprint density at radius 3 is 2.33 bits per heavy atom. The lowest BCUT2D eigenvalue weighted by Crippen LogP contribution is -2.12. The van der Waals surface area contributed by atoms with Gasteiger partial charge in [0.15, 0.2) is 5.78 Å². The molecule has 0 aliphatic rings. The molecule has 0 saturated carbocycles. The van der Waals surface area contributed by atoms with Crippen molar-refractivity contribution in [1.29, 1.82) is 0 Å². The van der Waals surface area contributed by atoms with Gasteiger partial charge in [-0.05, 0) is 42.5 Å². The SMILES string of the molecule is COc1cccc(C(=O)Nc2ccc(C(=O)CCC(=O)O)cc2)c1. The number of rotatable bonds is 7. The molecule has 0 aliphatic heterocycles. The largest absolute Gasteiger partial charge is 0.497 e. The van der Waals surface area contributed by atoms with Crippen LogP contribution in [0.5, 0.6) is 5.75 Å². The molecular formula is C18H17NO5. The van der Waals surface area contributed by atoms with Crippen LogP contribution in [0.4, 0.5) is 5.69 Å². The molecule has 0 bridgehead atoms. The van der Waals surface area contributed by atoms with E-state index >= 15 is 0 Å². The van der Waals surface area contributed by atoms with Crippen molar-refractivity contribution in [3.8, 4) is 5.75 Å². The van der Waals surface area contributed by atoms with Crippen LogP contribution >= 0.6 is 0 Å². The number of nitrogens with one attached hydrogen (secondary N) is 1. The number of carboxylic acid groups (broad SMARTS) is 1. The smallest absolute Gasteiger partial charge is 0.303 e. The maximum absolute atomic E-state index is 12.2. The van der Waals surface area contributed by atoms with E-state index in [1.54, 1.807) is 48.5 Å². The van der Waals surface area contributed by atoms with Crippen LogP contribution in [0.3, 0.4) is 0 Å². The molecule has 24 heavy (non-hydrogen) atoms. The molecule has 2 aromatic rings. The van der Waals surface area contributed by atoms with Gasteiger partial charge in [0, 0.05) is 23.2 Å². The van der Waals surface area contributed by atoms with Crippen LogP contribution < -0.4 is 10.1 Å². The minimum Gasteiger partial charge on any atom is -0.497 e. The van der Waals surface area contributed by atoms with Crippen molar-refractivity contribution >= 4 is 23.3 Å². The Bertz CT molecular complexity index is 752. The molecule has 2 rings (SSSR count). The third-order valence-corrected chi connectivity index (χ3v) is 3.36. The fraction of sp³-hybridized carbons (Fsp3) is 0.167. The monoisotopic (exact) mass is 327 g/mol. The van der Waals surface area contributed by atoms with Gasteiger partial charge in [-0.2, -0.15) is 0 Å². The maximum atomic E-state index is 12.2. The van der Waals surface area contributed by atoms with E-state index in [0.717, 1.165) is 0 Å². The van der Waals surface area contributed by atoms with Crippen LogP contribution in [0.25, 0.3) is 0 Å². The summed E-state index contributed by atoms with van der Waals surface area (Å²) in [5.74, 6) is -0.963. The first-order chi connectivity index (χ1) is 11.5. The van der Waals surface area contributed by atoms with Crippen LogP contribution in [0.15, 0.2) is 48.5 Å². The Balaban J connectivity index is 2.01. The fourth-order valence-electron chi connectivity index (χ4n) is 2.07. The normalized spacial score (nSPS) is 10.0. The predicted octanol–water partition coefficient (Wildman–Crippen LogP) is 3.00. The average Bonchev–Trinajstić information content (AvgIpc) is 2.60. The number of benzene rings is 2. The zero-order chi connectivity index (χ0) is 17.5. The number of hydrogen-bond donors (Lipinski definition) is 2. The van der Waals surface area contributed by atoms with Crippen molar-refractivity contribution < 1.29 is 24.2 Å². The van der Waals surface area contributed by atoms with E-state index in [-0.39, 0.29) is 24.5 Å². The van der Waals surface area contributed by atoms with Gasteiger partial charge in [-0.1, -0.05) is 6.07 Å². The second-order valence-electron chi connectivity index (χ2n) is 5.08. The highest BCUT2D eigenvalue weighted by Gasteiger charge is 2.10. The number of ketones is 1. The summed E-state index contributed by atoms with van der Waals surface area (Å²) in [5.41, 5.74) is 1.41. The van der Waals surface area contributed by atoms with Crippen molar-refractivity contribution in [3.63, 3.8) is 0 Å². The summed E-state index contributed by atoms with van der Waals surface area (Å²) in [6.45, 7) is 0. The Kier molecular flexibility index (Phi) is 5.68.